The number of amides is 3. The van der Waals surface area contributed by atoms with Gasteiger partial charge in [-0.1, -0.05) is 102 Å². The molecule has 19 nitrogen and oxygen atoms in total. The van der Waals surface area contributed by atoms with E-state index >= 15 is 0 Å². The second-order valence-electron chi connectivity index (χ2n) is 22.6. The Hall–Kier alpha value is -5.83. The average molecular weight is 1040 g/mol. The Bertz CT molecular complexity index is 2420. The van der Waals surface area contributed by atoms with E-state index in [1.165, 1.54) is 14.0 Å². The monoisotopic (exact) mass is 1040 g/mol. The summed E-state index contributed by atoms with van der Waals surface area (Å²) in [5, 5.41) is 7.40. The van der Waals surface area contributed by atoms with Gasteiger partial charge < -0.3 is 53.3 Å². The van der Waals surface area contributed by atoms with Gasteiger partial charge >= 0.3 is 18.0 Å². The number of hydrogen-bond donors (Lipinski definition) is 3. The fourth-order valence-corrected chi connectivity index (χ4v) is 9.36. The number of nitrogens with zero attached hydrogens (tertiary/aromatic N) is 2. The highest BCUT2D eigenvalue weighted by Gasteiger charge is 2.60. The zero-order valence-electron chi connectivity index (χ0n) is 45.5. The van der Waals surface area contributed by atoms with Gasteiger partial charge in [0.25, 0.3) is 5.91 Å². The SMILES string of the molecule is COC(=O)N[C@@H](C(=O)NN(Cc1ccc(-c2ccccn2)cc1)C[C@H](OC(=O)CCCC(=O)OC1C(C2COC(C)(C)O2)OC2OC(C)(C)OC21)C(Cc1ccccc1)NC(=O)[C@H](CC(C)=O)C(C)(C)C)C(C)(C)C. The highest BCUT2D eigenvalue weighted by atomic mass is 16.9. The van der Waals surface area contributed by atoms with Crippen molar-refractivity contribution in [2.75, 3.05) is 20.3 Å². The van der Waals surface area contributed by atoms with Crippen molar-refractivity contribution >= 4 is 35.6 Å². The van der Waals surface area contributed by atoms with Crippen LogP contribution in [0.15, 0.2) is 79.0 Å². The number of nitrogens with one attached hydrogen (secondary N) is 3. The predicted octanol–water partition coefficient (Wildman–Crippen LogP) is 6.74. The number of ether oxygens (including phenoxy) is 8. The van der Waals surface area contributed by atoms with Crippen molar-refractivity contribution in [1.82, 2.24) is 26.1 Å². The standard InChI is InChI=1S/C56H77N5O14/c1-34(62)29-38(53(2,3)4)49(65)58-40(30-35-19-14-13-15-20-35)41(70-43(63)22-18-23-44(64)71-46-45(42-33-69-55(8,9)73-42)72-51-47(46)74-56(10,11)75-51)32-61(60-50(66)48(54(5,6)7)59-52(67)68-12)31-36-24-26-37(27-25-36)39-21-16-17-28-57-39/h13-17,19-21,24-28,38,40-42,45-48,51H,18,22-23,29-33H2,1-12H3,(H,58,65)(H,59,67)(H,60,66)/t38-,40?,41-,42?,45?,46?,47?,48-,51?/m0/s1. The highest BCUT2D eigenvalue weighted by molar-refractivity contribution is 5.87. The van der Waals surface area contributed by atoms with Gasteiger partial charge in [0.2, 0.25) is 5.91 Å². The van der Waals surface area contributed by atoms with E-state index < -0.39 is 107 Å². The van der Waals surface area contributed by atoms with Crippen LogP contribution in [0.1, 0.15) is 113 Å². The molecule has 3 saturated heterocycles. The molecule has 3 aromatic rings. The van der Waals surface area contributed by atoms with E-state index in [2.05, 4.69) is 21.0 Å². The molecule has 0 radical (unpaired) electrons. The number of fused-ring (bicyclic) bond motifs is 1. The van der Waals surface area contributed by atoms with Crippen LogP contribution in [0.3, 0.4) is 0 Å². The molecule has 0 spiro atoms. The van der Waals surface area contributed by atoms with Crippen LogP contribution in [0, 0.1) is 16.7 Å². The fraction of sp³-hybridized carbons (Fsp3) is 0.589. The average Bonchev–Trinajstić information content (AvgIpc) is 3.96. The van der Waals surface area contributed by atoms with E-state index in [1.54, 1.807) is 59.7 Å². The summed E-state index contributed by atoms with van der Waals surface area (Å²) >= 11 is 0. The van der Waals surface area contributed by atoms with Gasteiger partial charge in [0.15, 0.2) is 30.1 Å². The van der Waals surface area contributed by atoms with Crippen LogP contribution in [0.2, 0.25) is 0 Å². The summed E-state index contributed by atoms with van der Waals surface area (Å²) in [4.78, 5) is 86.7. The highest BCUT2D eigenvalue weighted by Crippen LogP contribution is 2.42. The van der Waals surface area contributed by atoms with E-state index in [9.17, 15) is 28.8 Å². The summed E-state index contributed by atoms with van der Waals surface area (Å²) in [6, 6.07) is 20.5. The Morgan fingerprint density at radius 1 is 0.773 bits per heavy atom. The van der Waals surface area contributed by atoms with Crippen molar-refractivity contribution < 1.29 is 66.7 Å². The summed E-state index contributed by atoms with van der Waals surface area (Å²) in [7, 11) is 1.20. The third-order valence-electron chi connectivity index (χ3n) is 13.2. The second kappa shape index (κ2) is 24.9. The van der Waals surface area contributed by atoms with E-state index in [4.69, 9.17) is 37.9 Å². The Morgan fingerprint density at radius 2 is 1.45 bits per heavy atom. The van der Waals surface area contributed by atoms with Crippen LogP contribution in [-0.2, 0) is 74.8 Å². The van der Waals surface area contributed by atoms with Gasteiger partial charge in [0.1, 0.15) is 30.1 Å². The fourth-order valence-electron chi connectivity index (χ4n) is 9.36. The van der Waals surface area contributed by atoms with Crippen molar-refractivity contribution in [1.29, 1.82) is 0 Å². The van der Waals surface area contributed by atoms with Crippen molar-refractivity contribution in [2.24, 2.45) is 16.7 Å². The number of Topliss-reactive ketones (excluding diaryl/α,β-unsaturated/α-hetero) is 1. The molecule has 4 heterocycles. The second-order valence-corrected chi connectivity index (χ2v) is 22.6. The minimum Gasteiger partial charge on any atom is -0.459 e. The molecule has 75 heavy (non-hydrogen) atoms. The minimum absolute atomic E-state index is 0.0194. The number of ketones is 1. The van der Waals surface area contributed by atoms with Gasteiger partial charge in [-0.3, -0.25) is 29.6 Å². The van der Waals surface area contributed by atoms with Crippen molar-refractivity contribution in [3.63, 3.8) is 0 Å². The summed E-state index contributed by atoms with van der Waals surface area (Å²) in [6.07, 6.45) is -4.32. The van der Waals surface area contributed by atoms with Gasteiger partial charge in [-0.15, -0.1) is 0 Å². The van der Waals surface area contributed by atoms with Gasteiger partial charge in [-0.05, 0) is 81.5 Å². The Balaban J connectivity index is 1.29. The van der Waals surface area contributed by atoms with E-state index in [0.29, 0.717) is 0 Å². The number of rotatable bonds is 22. The zero-order valence-corrected chi connectivity index (χ0v) is 45.5. The Kier molecular flexibility index (Phi) is 19.4. The van der Waals surface area contributed by atoms with Gasteiger partial charge in [0.05, 0.1) is 32.0 Å². The molecule has 19 heteroatoms. The molecular formula is C56H77N5O14. The molecule has 0 bridgehead atoms. The van der Waals surface area contributed by atoms with Crippen molar-refractivity contribution in [2.45, 2.75) is 175 Å². The zero-order chi connectivity index (χ0) is 54.9. The third kappa shape index (κ3) is 16.8. The Labute approximate surface area is 440 Å². The summed E-state index contributed by atoms with van der Waals surface area (Å²) in [5.41, 5.74) is 4.72. The molecule has 3 fully saturated rings. The number of alkyl carbamates (subject to hydrolysis) is 1. The summed E-state index contributed by atoms with van der Waals surface area (Å²) < 4.78 is 47.5. The first-order chi connectivity index (χ1) is 35.2. The molecule has 9 atom stereocenters. The lowest BCUT2D eigenvalue weighted by Gasteiger charge is -2.37. The number of methoxy groups -OCH3 is 1. The normalized spacial score (nSPS) is 22.5. The van der Waals surface area contributed by atoms with Gasteiger partial charge in [-0.2, -0.15) is 0 Å². The quantitative estimate of drug-likeness (QED) is 0.0538. The maximum absolute atomic E-state index is 14.5. The molecule has 3 aliphatic rings. The Morgan fingerprint density at radius 3 is 2.05 bits per heavy atom. The van der Waals surface area contributed by atoms with Crippen LogP contribution in [0.5, 0.6) is 0 Å². The lowest BCUT2D eigenvalue weighted by molar-refractivity contribution is -0.235. The maximum Gasteiger partial charge on any atom is 0.407 e. The molecule has 2 aromatic carbocycles. The number of carbonyl (C=O) groups excluding carboxylic acids is 6. The predicted molar refractivity (Wildman–Crippen MR) is 275 cm³/mol. The molecule has 3 amide bonds. The molecule has 6 unspecified atom stereocenters. The lowest BCUT2D eigenvalue weighted by atomic mass is 9.77. The van der Waals surface area contributed by atoms with E-state index in [-0.39, 0.29) is 57.6 Å². The molecule has 3 aliphatic heterocycles. The van der Waals surface area contributed by atoms with Crippen LogP contribution in [-0.4, -0.2) is 126 Å². The molecule has 3 N–H and O–H groups in total. The molecule has 6 rings (SSSR count). The largest absolute Gasteiger partial charge is 0.459 e. The smallest absolute Gasteiger partial charge is 0.407 e. The van der Waals surface area contributed by atoms with Crippen molar-refractivity contribution in [3.05, 3.63) is 90.1 Å². The number of hydrazine groups is 1. The molecule has 0 aliphatic carbocycles. The van der Waals surface area contributed by atoms with Crippen LogP contribution in [0.4, 0.5) is 4.79 Å². The molecule has 1 aromatic heterocycles. The first kappa shape index (κ1) is 58.4. The van der Waals surface area contributed by atoms with Crippen molar-refractivity contribution in [3.8, 4) is 11.3 Å². The number of pyridine rings is 1. The topological polar surface area (TPSA) is 228 Å². The van der Waals surface area contributed by atoms with Crippen LogP contribution in [0.25, 0.3) is 11.3 Å². The summed E-state index contributed by atoms with van der Waals surface area (Å²) in [6.45, 7) is 19.6. The lowest BCUT2D eigenvalue weighted by Crippen LogP contribution is -2.60. The van der Waals surface area contributed by atoms with Crippen LogP contribution < -0.4 is 16.1 Å². The van der Waals surface area contributed by atoms with Crippen LogP contribution >= 0.6 is 0 Å². The van der Waals surface area contributed by atoms with E-state index in [1.807, 2.05) is 93.6 Å². The van der Waals surface area contributed by atoms with Gasteiger partial charge in [0, 0.05) is 43.5 Å². The third-order valence-corrected chi connectivity index (χ3v) is 13.2. The number of hydrogen-bond acceptors (Lipinski definition) is 16. The number of benzene rings is 2. The molecular weight excluding hydrogens is 967 g/mol. The number of carbonyl (C=O) groups is 6. The summed E-state index contributed by atoms with van der Waals surface area (Å²) in [5.74, 6) is -5.12. The number of esters is 2. The minimum atomic E-state index is -1.17. The molecule has 410 valence electrons. The first-order valence-corrected chi connectivity index (χ1v) is 25.7. The number of aromatic nitrogens is 1. The van der Waals surface area contributed by atoms with Gasteiger partial charge in [-0.25, -0.2) is 9.80 Å². The van der Waals surface area contributed by atoms with E-state index in [0.717, 1.165) is 22.4 Å². The molecule has 0 saturated carbocycles. The maximum atomic E-state index is 14.5. The first-order valence-electron chi connectivity index (χ1n) is 25.7.